The lowest BCUT2D eigenvalue weighted by Gasteiger charge is -2.01. The second-order valence-electron chi connectivity index (χ2n) is 4.20. The van der Waals surface area contributed by atoms with Crippen LogP contribution in [-0.2, 0) is 0 Å². The molecule has 2 heterocycles. The standard InChI is InChI=1S/C11H13N3OS/c12-8-4-3-7(6-8)11-13-10(14-15-11)9-2-1-5-16-9/h1-2,5,7-8H,3-4,6,12H2/t7-,8+/m1/s1. The summed E-state index contributed by atoms with van der Waals surface area (Å²) in [5.74, 6) is 1.80. The summed E-state index contributed by atoms with van der Waals surface area (Å²) >= 11 is 1.62. The molecule has 0 unspecified atom stereocenters. The molecule has 1 fully saturated rings. The second-order valence-corrected chi connectivity index (χ2v) is 5.15. The first-order chi connectivity index (χ1) is 7.83. The minimum atomic E-state index is 0.294. The average molecular weight is 235 g/mol. The van der Waals surface area contributed by atoms with Gasteiger partial charge in [-0.1, -0.05) is 11.2 Å². The molecule has 4 nitrogen and oxygen atoms in total. The molecule has 2 N–H and O–H groups in total. The molecule has 1 saturated carbocycles. The molecule has 0 aromatic carbocycles. The summed E-state index contributed by atoms with van der Waals surface area (Å²) in [4.78, 5) is 5.50. The lowest BCUT2D eigenvalue weighted by molar-refractivity contribution is 0.353. The van der Waals surface area contributed by atoms with E-state index in [9.17, 15) is 0 Å². The third-order valence-corrected chi connectivity index (χ3v) is 3.87. The molecule has 0 bridgehead atoms. The zero-order valence-corrected chi connectivity index (χ0v) is 9.61. The van der Waals surface area contributed by atoms with Crippen LogP contribution in [-0.4, -0.2) is 16.2 Å². The van der Waals surface area contributed by atoms with Crippen LogP contribution in [0.2, 0.25) is 0 Å². The van der Waals surface area contributed by atoms with E-state index in [0.29, 0.717) is 17.8 Å². The minimum Gasteiger partial charge on any atom is -0.339 e. The number of rotatable bonds is 2. The lowest BCUT2D eigenvalue weighted by atomic mass is 10.1. The Hall–Kier alpha value is -1.20. The highest BCUT2D eigenvalue weighted by molar-refractivity contribution is 7.13. The molecule has 3 rings (SSSR count). The van der Waals surface area contributed by atoms with Gasteiger partial charge in [0.05, 0.1) is 4.88 Å². The van der Waals surface area contributed by atoms with Crippen LogP contribution in [0.1, 0.15) is 31.1 Å². The van der Waals surface area contributed by atoms with E-state index in [1.165, 1.54) is 0 Å². The normalized spacial score (nSPS) is 25.1. The van der Waals surface area contributed by atoms with Crippen molar-refractivity contribution in [3.63, 3.8) is 0 Å². The molecule has 1 aliphatic rings. The quantitative estimate of drug-likeness (QED) is 0.868. The van der Waals surface area contributed by atoms with E-state index in [2.05, 4.69) is 10.1 Å². The first-order valence-corrected chi connectivity index (χ1v) is 6.34. The molecule has 2 aromatic heterocycles. The van der Waals surface area contributed by atoms with Crippen LogP contribution in [0.25, 0.3) is 10.7 Å². The van der Waals surface area contributed by atoms with Gasteiger partial charge in [-0.25, -0.2) is 0 Å². The summed E-state index contributed by atoms with van der Waals surface area (Å²) in [6.07, 6.45) is 3.08. The first-order valence-electron chi connectivity index (χ1n) is 5.46. The highest BCUT2D eigenvalue weighted by atomic mass is 32.1. The SMILES string of the molecule is N[C@H]1CC[C@@H](c2nc(-c3cccs3)no2)C1. The molecule has 0 spiro atoms. The fourth-order valence-electron chi connectivity index (χ4n) is 2.15. The highest BCUT2D eigenvalue weighted by Gasteiger charge is 2.28. The highest BCUT2D eigenvalue weighted by Crippen LogP contribution is 2.33. The van der Waals surface area contributed by atoms with Crippen molar-refractivity contribution < 1.29 is 4.52 Å². The van der Waals surface area contributed by atoms with Gasteiger partial charge in [0.25, 0.3) is 0 Å². The van der Waals surface area contributed by atoms with E-state index < -0.39 is 0 Å². The van der Waals surface area contributed by atoms with E-state index in [0.717, 1.165) is 30.0 Å². The van der Waals surface area contributed by atoms with Crippen LogP contribution in [0, 0.1) is 0 Å². The van der Waals surface area contributed by atoms with Crippen LogP contribution in [0.15, 0.2) is 22.0 Å². The molecular weight excluding hydrogens is 222 g/mol. The minimum absolute atomic E-state index is 0.294. The van der Waals surface area contributed by atoms with E-state index in [1.807, 2.05) is 17.5 Å². The molecule has 0 amide bonds. The van der Waals surface area contributed by atoms with Crippen LogP contribution < -0.4 is 5.73 Å². The third kappa shape index (κ3) is 1.76. The number of aromatic nitrogens is 2. The summed E-state index contributed by atoms with van der Waals surface area (Å²) in [7, 11) is 0. The van der Waals surface area contributed by atoms with E-state index in [1.54, 1.807) is 11.3 Å². The molecule has 16 heavy (non-hydrogen) atoms. The Morgan fingerprint density at radius 1 is 1.44 bits per heavy atom. The van der Waals surface area contributed by atoms with E-state index in [-0.39, 0.29) is 0 Å². The van der Waals surface area contributed by atoms with Gasteiger partial charge in [0.1, 0.15) is 0 Å². The molecule has 2 atom stereocenters. The summed E-state index contributed by atoms with van der Waals surface area (Å²) in [6.45, 7) is 0. The third-order valence-electron chi connectivity index (χ3n) is 3.01. The van der Waals surface area contributed by atoms with Gasteiger partial charge < -0.3 is 10.3 Å². The van der Waals surface area contributed by atoms with Gasteiger partial charge in [0.2, 0.25) is 11.7 Å². The van der Waals surface area contributed by atoms with Gasteiger partial charge >= 0.3 is 0 Å². The number of thiophene rings is 1. The number of hydrogen-bond acceptors (Lipinski definition) is 5. The van der Waals surface area contributed by atoms with Gasteiger partial charge in [0.15, 0.2) is 0 Å². The van der Waals surface area contributed by atoms with Gasteiger partial charge in [-0.2, -0.15) is 4.98 Å². The molecule has 5 heteroatoms. The van der Waals surface area contributed by atoms with Crippen molar-refractivity contribution >= 4 is 11.3 Å². The Bertz CT molecular complexity index is 465. The van der Waals surface area contributed by atoms with Gasteiger partial charge in [-0.05, 0) is 30.7 Å². The Morgan fingerprint density at radius 3 is 3.06 bits per heavy atom. The first kappa shape index (κ1) is 9.99. The Labute approximate surface area is 97.5 Å². The maximum absolute atomic E-state index is 5.88. The van der Waals surface area contributed by atoms with Gasteiger partial charge in [-0.15, -0.1) is 11.3 Å². The summed E-state index contributed by atoms with van der Waals surface area (Å²) in [5, 5.41) is 6.02. The maximum Gasteiger partial charge on any atom is 0.230 e. The van der Waals surface area contributed by atoms with Crippen LogP contribution in [0.3, 0.4) is 0 Å². The average Bonchev–Trinajstić information content (AvgIpc) is 2.97. The maximum atomic E-state index is 5.88. The van der Waals surface area contributed by atoms with Crippen molar-refractivity contribution in [2.24, 2.45) is 5.73 Å². The Kier molecular flexibility index (Phi) is 2.49. The van der Waals surface area contributed by atoms with Crippen LogP contribution >= 0.6 is 11.3 Å². The molecule has 0 saturated heterocycles. The molecule has 2 aromatic rings. The Morgan fingerprint density at radius 2 is 2.38 bits per heavy atom. The molecule has 1 aliphatic carbocycles. The van der Waals surface area contributed by atoms with E-state index in [4.69, 9.17) is 10.3 Å². The number of nitrogens with two attached hydrogens (primary N) is 1. The van der Waals surface area contributed by atoms with Crippen molar-refractivity contribution in [1.29, 1.82) is 0 Å². The second kappa shape index (κ2) is 3.99. The van der Waals surface area contributed by atoms with Crippen molar-refractivity contribution in [2.75, 3.05) is 0 Å². The lowest BCUT2D eigenvalue weighted by Crippen LogP contribution is -2.14. The largest absolute Gasteiger partial charge is 0.339 e. The summed E-state index contributed by atoms with van der Waals surface area (Å²) < 4.78 is 5.31. The van der Waals surface area contributed by atoms with Crippen molar-refractivity contribution in [3.05, 3.63) is 23.4 Å². The van der Waals surface area contributed by atoms with Gasteiger partial charge in [-0.3, -0.25) is 0 Å². The van der Waals surface area contributed by atoms with Crippen LogP contribution in [0.5, 0.6) is 0 Å². The molecule has 84 valence electrons. The molecule has 0 radical (unpaired) electrons. The zero-order valence-electron chi connectivity index (χ0n) is 8.80. The van der Waals surface area contributed by atoms with E-state index >= 15 is 0 Å². The van der Waals surface area contributed by atoms with Crippen LogP contribution in [0.4, 0.5) is 0 Å². The Balaban J connectivity index is 1.83. The molecule has 0 aliphatic heterocycles. The van der Waals surface area contributed by atoms with Crippen molar-refractivity contribution in [3.8, 4) is 10.7 Å². The molecular formula is C11H13N3OS. The zero-order chi connectivity index (χ0) is 11.0. The fourth-order valence-corrected chi connectivity index (χ4v) is 2.80. The predicted octanol–water partition coefficient (Wildman–Crippen LogP) is 2.39. The number of nitrogens with zero attached hydrogens (tertiary/aromatic N) is 2. The predicted molar refractivity (Wildman–Crippen MR) is 62.2 cm³/mol. The summed E-state index contributed by atoms with van der Waals surface area (Å²) in [6, 6.07) is 4.28. The fraction of sp³-hybridized carbons (Fsp3) is 0.455. The van der Waals surface area contributed by atoms with Crippen molar-refractivity contribution in [1.82, 2.24) is 10.1 Å². The van der Waals surface area contributed by atoms with Gasteiger partial charge in [0, 0.05) is 12.0 Å². The van der Waals surface area contributed by atoms with Crippen molar-refractivity contribution in [2.45, 2.75) is 31.2 Å². The monoisotopic (exact) mass is 235 g/mol. The number of hydrogen-bond donors (Lipinski definition) is 1. The smallest absolute Gasteiger partial charge is 0.230 e. The summed E-state index contributed by atoms with van der Waals surface area (Å²) in [5.41, 5.74) is 5.88. The topological polar surface area (TPSA) is 64.9 Å².